The summed E-state index contributed by atoms with van der Waals surface area (Å²) in [4.78, 5) is 10.6. The average Bonchev–Trinajstić information content (AvgIpc) is 2.15. The summed E-state index contributed by atoms with van der Waals surface area (Å²) in [6.45, 7) is 6.08. The first-order chi connectivity index (χ1) is 5.85. The molecular formula is C10H18O3. The molecular weight excluding hydrogens is 168 g/mol. The van der Waals surface area contributed by atoms with Crippen molar-refractivity contribution in [3.63, 3.8) is 0 Å². The van der Waals surface area contributed by atoms with Crippen LogP contribution in [0.15, 0.2) is 0 Å². The van der Waals surface area contributed by atoms with Crippen molar-refractivity contribution < 1.29 is 15.0 Å². The number of aliphatic hydroxyl groups is 1. The molecule has 0 aromatic rings. The summed E-state index contributed by atoms with van der Waals surface area (Å²) in [6.07, 6.45) is 0.467. The lowest BCUT2D eigenvalue weighted by Gasteiger charge is -2.30. The van der Waals surface area contributed by atoms with Crippen molar-refractivity contribution in [1.82, 2.24) is 0 Å². The first-order valence-electron chi connectivity index (χ1n) is 4.75. The Morgan fingerprint density at radius 3 is 2.38 bits per heavy atom. The Morgan fingerprint density at radius 2 is 2.08 bits per heavy atom. The maximum absolute atomic E-state index is 10.6. The van der Waals surface area contributed by atoms with E-state index in [2.05, 4.69) is 0 Å². The van der Waals surface area contributed by atoms with Crippen molar-refractivity contribution in [1.29, 1.82) is 0 Å². The Hall–Kier alpha value is -0.570. The summed E-state index contributed by atoms with van der Waals surface area (Å²) < 4.78 is 0. The van der Waals surface area contributed by atoms with Gasteiger partial charge in [0, 0.05) is 6.42 Å². The number of hydrogen-bond donors (Lipinski definition) is 2. The van der Waals surface area contributed by atoms with E-state index in [1.165, 1.54) is 0 Å². The maximum Gasteiger partial charge on any atom is 0.303 e. The highest BCUT2D eigenvalue weighted by Gasteiger charge is 2.46. The normalized spacial score (nSPS) is 37.7. The number of carboxylic acid groups (broad SMARTS) is 1. The predicted octanol–water partition coefficient (Wildman–Crippen LogP) is 1.50. The van der Waals surface area contributed by atoms with Crippen molar-refractivity contribution >= 4 is 5.97 Å². The number of aliphatic hydroxyl groups excluding tert-OH is 1. The van der Waals surface area contributed by atoms with Gasteiger partial charge in [-0.15, -0.1) is 0 Å². The third kappa shape index (κ3) is 1.85. The molecule has 13 heavy (non-hydrogen) atoms. The largest absolute Gasteiger partial charge is 0.481 e. The van der Waals surface area contributed by atoms with Crippen molar-refractivity contribution in [2.24, 2.45) is 17.3 Å². The van der Waals surface area contributed by atoms with Crippen LogP contribution in [0.1, 0.15) is 33.6 Å². The molecule has 3 heteroatoms. The SMILES string of the molecule is C[C@@H]1C(O)CC(CC(=O)O)C1(C)C. The van der Waals surface area contributed by atoms with Gasteiger partial charge in [0.25, 0.3) is 0 Å². The van der Waals surface area contributed by atoms with Gasteiger partial charge >= 0.3 is 5.97 Å². The van der Waals surface area contributed by atoms with Crippen LogP contribution in [0, 0.1) is 17.3 Å². The topological polar surface area (TPSA) is 57.5 Å². The lowest BCUT2D eigenvalue weighted by Crippen LogP contribution is -2.27. The second-order valence-electron chi connectivity index (χ2n) is 4.71. The molecule has 2 N–H and O–H groups in total. The molecule has 0 radical (unpaired) electrons. The second-order valence-corrected chi connectivity index (χ2v) is 4.71. The summed E-state index contributed by atoms with van der Waals surface area (Å²) in [5, 5.41) is 18.3. The average molecular weight is 186 g/mol. The number of aliphatic carboxylic acids is 1. The molecule has 0 aromatic heterocycles. The zero-order valence-corrected chi connectivity index (χ0v) is 8.45. The van der Waals surface area contributed by atoms with Crippen LogP contribution in [0.5, 0.6) is 0 Å². The third-order valence-electron chi connectivity index (χ3n) is 3.75. The lowest BCUT2D eigenvalue weighted by molar-refractivity contribution is -0.139. The summed E-state index contributed by atoms with van der Waals surface area (Å²) in [5.74, 6) is -0.466. The number of rotatable bonds is 2. The fourth-order valence-corrected chi connectivity index (χ4v) is 2.22. The Labute approximate surface area is 78.8 Å². The van der Waals surface area contributed by atoms with E-state index in [-0.39, 0.29) is 29.8 Å². The van der Waals surface area contributed by atoms with E-state index in [4.69, 9.17) is 5.11 Å². The highest BCUT2D eigenvalue weighted by Crippen LogP contribution is 2.48. The smallest absolute Gasteiger partial charge is 0.303 e. The number of hydrogen-bond acceptors (Lipinski definition) is 2. The Morgan fingerprint density at radius 1 is 1.54 bits per heavy atom. The minimum absolute atomic E-state index is 0.0577. The summed E-state index contributed by atoms with van der Waals surface area (Å²) in [7, 11) is 0. The Balaban J connectivity index is 2.72. The minimum Gasteiger partial charge on any atom is -0.481 e. The van der Waals surface area contributed by atoms with E-state index in [1.54, 1.807) is 0 Å². The highest BCUT2D eigenvalue weighted by atomic mass is 16.4. The van der Waals surface area contributed by atoms with Gasteiger partial charge in [0.15, 0.2) is 0 Å². The van der Waals surface area contributed by atoms with E-state index < -0.39 is 5.97 Å². The van der Waals surface area contributed by atoms with Gasteiger partial charge in [0.1, 0.15) is 0 Å². The molecule has 1 saturated carbocycles. The van der Waals surface area contributed by atoms with Gasteiger partial charge < -0.3 is 10.2 Å². The monoisotopic (exact) mass is 186 g/mol. The van der Waals surface area contributed by atoms with Crippen molar-refractivity contribution in [2.75, 3.05) is 0 Å². The molecule has 0 spiro atoms. The summed E-state index contributed by atoms with van der Waals surface area (Å²) >= 11 is 0. The van der Waals surface area contributed by atoms with E-state index in [0.717, 1.165) is 0 Å². The zero-order chi connectivity index (χ0) is 10.2. The molecule has 3 atom stereocenters. The lowest BCUT2D eigenvalue weighted by atomic mass is 9.75. The quantitative estimate of drug-likeness (QED) is 0.687. The van der Waals surface area contributed by atoms with Crippen LogP contribution < -0.4 is 0 Å². The summed E-state index contributed by atoms with van der Waals surface area (Å²) in [6, 6.07) is 0. The fourth-order valence-electron chi connectivity index (χ4n) is 2.22. The highest BCUT2D eigenvalue weighted by molar-refractivity contribution is 5.67. The van der Waals surface area contributed by atoms with E-state index in [1.807, 2.05) is 20.8 Å². The molecule has 0 aliphatic heterocycles. The van der Waals surface area contributed by atoms with Crippen molar-refractivity contribution in [3.8, 4) is 0 Å². The molecule has 0 aromatic carbocycles. The van der Waals surface area contributed by atoms with Crippen LogP contribution in [0.3, 0.4) is 0 Å². The van der Waals surface area contributed by atoms with Gasteiger partial charge in [-0.3, -0.25) is 4.79 Å². The van der Waals surface area contributed by atoms with Crippen LogP contribution >= 0.6 is 0 Å². The molecule has 0 saturated heterocycles. The molecule has 2 unspecified atom stereocenters. The predicted molar refractivity (Wildman–Crippen MR) is 49.3 cm³/mol. The molecule has 0 heterocycles. The Kier molecular flexibility index (Phi) is 2.66. The number of carbonyl (C=O) groups is 1. The second kappa shape index (κ2) is 3.29. The van der Waals surface area contributed by atoms with Crippen LogP contribution in [0.25, 0.3) is 0 Å². The van der Waals surface area contributed by atoms with Crippen LogP contribution in [0.4, 0.5) is 0 Å². The molecule has 1 rings (SSSR count). The maximum atomic E-state index is 10.6. The van der Waals surface area contributed by atoms with Crippen molar-refractivity contribution in [3.05, 3.63) is 0 Å². The molecule has 1 aliphatic carbocycles. The fraction of sp³-hybridized carbons (Fsp3) is 0.900. The Bertz CT molecular complexity index is 210. The van der Waals surface area contributed by atoms with Gasteiger partial charge in [0.05, 0.1) is 6.10 Å². The molecule has 3 nitrogen and oxygen atoms in total. The minimum atomic E-state index is -0.764. The van der Waals surface area contributed by atoms with E-state index in [0.29, 0.717) is 6.42 Å². The van der Waals surface area contributed by atoms with Gasteiger partial charge in [-0.25, -0.2) is 0 Å². The van der Waals surface area contributed by atoms with E-state index in [9.17, 15) is 9.90 Å². The van der Waals surface area contributed by atoms with Crippen LogP contribution in [-0.2, 0) is 4.79 Å². The molecule has 1 fully saturated rings. The van der Waals surface area contributed by atoms with Gasteiger partial charge in [-0.2, -0.15) is 0 Å². The van der Waals surface area contributed by atoms with Gasteiger partial charge in [-0.1, -0.05) is 20.8 Å². The first-order valence-corrected chi connectivity index (χ1v) is 4.75. The molecule has 0 amide bonds. The first kappa shape index (κ1) is 10.5. The summed E-state index contributed by atoms with van der Waals surface area (Å²) in [5.41, 5.74) is -0.0577. The van der Waals surface area contributed by atoms with Gasteiger partial charge in [0.2, 0.25) is 0 Å². The molecule has 0 bridgehead atoms. The number of carboxylic acids is 1. The van der Waals surface area contributed by atoms with Gasteiger partial charge in [-0.05, 0) is 23.7 Å². The van der Waals surface area contributed by atoms with Crippen molar-refractivity contribution in [2.45, 2.75) is 39.7 Å². The molecule has 76 valence electrons. The molecule has 1 aliphatic rings. The standard InChI is InChI=1S/C10H18O3/c1-6-8(11)4-7(5-9(12)13)10(6,2)3/h6-8,11H,4-5H2,1-3H3,(H,12,13)/t6-,7?,8?/m1/s1. The third-order valence-corrected chi connectivity index (χ3v) is 3.75. The zero-order valence-electron chi connectivity index (χ0n) is 8.45. The van der Waals surface area contributed by atoms with Crippen LogP contribution in [-0.4, -0.2) is 22.3 Å². The van der Waals surface area contributed by atoms with Crippen LogP contribution in [0.2, 0.25) is 0 Å². The van der Waals surface area contributed by atoms with E-state index >= 15 is 0 Å².